The summed E-state index contributed by atoms with van der Waals surface area (Å²) in [4.78, 5) is 97.8. The molecule has 60 heavy (non-hydrogen) atoms. The first-order chi connectivity index (χ1) is 28.3. The maximum Gasteiger partial charge on any atom is 0.327 e. The number of hydrogen-bond acceptors (Lipinski definition) is 9. The van der Waals surface area contributed by atoms with Crippen LogP contribution in [0, 0.1) is 17.8 Å². The van der Waals surface area contributed by atoms with Gasteiger partial charge in [0.15, 0.2) is 5.96 Å². The molecule has 1 saturated heterocycles. The van der Waals surface area contributed by atoms with E-state index < -0.39 is 83.9 Å². The van der Waals surface area contributed by atoms with Gasteiger partial charge in [-0.15, -0.1) is 0 Å². The zero-order valence-electron chi connectivity index (χ0n) is 35.5. The van der Waals surface area contributed by atoms with Crippen molar-refractivity contribution < 1.29 is 48.5 Å². The zero-order valence-corrected chi connectivity index (χ0v) is 35.5. The van der Waals surface area contributed by atoms with Crippen LogP contribution in [0.3, 0.4) is 0 Å². The zero-order chi connectivity index (χ0) is 45.1. The number of amides is 5. The van der Waals surface area contributed by atoms with Crippen molar-refractivity contribution in [1.29, 1.82) is 0 Å². The van der Waals surface area contributed by atoms with Gasteiger partial charge in [-0.05, 0) is 51.5 Å². The molecule has 5 amide bonds. The first kappa shape index (κ1) is 50.1. The van der Waals surface area contributed by atoms with Crippen LogP contribution in [0.15, 0.2) is 70.9 Å². The molecule has 1 fully saturated rings. The number of rotatable bonds is 14. The molecular weight excluding hydrogens is 777 g/mol. The lowest BCUT2D eigenvalue weighted by Crippen LogP contribution is -2.56. The Hall–Kier alpha value is -6.04. The smallest absolute Gasteiger partial charge is 0.327 e. The van der Waals surface area contributed by atoms with Crippen LogP contribution in [-0.2, 0) is 44.7 Å². The summed E-state index contributed by atoms with van der Waals surface area (Å²) in [5, 5.41) is 30.3. The number of nitrogens with two attached hydrogens (primary N) is 2. The summed E-state index contributed by atoms with van der Waals surface area (Å²) < 4.78 is 5.80. The van der Waals surface area contributed by atoms with E-state index in [0.29, 0.717) is 19.3 Å². The van der Waals surface area contributed by atoms with Gasteiger partial charge in [0.2, 0.25) is 23.6 Å². The number of ether oxygens (including phenoxy) is 1. The number of methoxy groups -OCH3 is 1. The third-order valence-electron chi connectivity index (χ3n) is 10.3. The molecule has 0 aromatic heterocycles. The molecule has 1 aromatic carbocycles. The minimum atomic E-state index is -1.79. The molecule has 0 saturated carbocycles. The van der Waals surface area contributed by atoms with E-state index in [1.807, 2.05) is 50.3 Å². The molecule has 10 N–H and O–H groups in total. The van der Waals surface area contributed by atoms with Gasteiger partial charge >= 0.3 is 11.9 Å². The van der Waals surface area contributed by atoms with E-state index in [0.717, 1.165) is 16.0 Å². The van der Waals surface area contributed by atoms with E-state index in [1.54, 1.807) is 19.3 Å². The molecule has 0 bridgehead atoms. The summed E-state index contributed by atoms with van der Waals surface area (Å²) in [5.41, 5.74) is 12.5. The number of aliphatic carboxylic acids is 2. The van der Waals surface area contributed by atoms with Crippen molar-refractivity contribution in [1.82, 2.24) is 26.2 Å². The van der Waals surface area contributed by atoms with Gasteiger partial charge in [0.25, 0.3) is 5.91 Å². The predicted molar refractivity (Wildman–Crippen MR) is 225 cm³/mol. The maximum absolute atomic E-state index is 14.1. The standard InChI is InChI=1S/C42H62N8O10/c1-8-32-39(55)49-35(41(58)59)27(5)37(53)47-30(16-12-13-21-45-42(43)44)38(54)46-29(26(4)36(52)48-31(40(56)57)19-20-34(51)50(32)6)18-17-24(2)22-25(3)33(60-7)23-28-14-10-9-11-15-28/h8-11,14-15,17-18,22,25-27,29-31,33,35H,12-13,16,19-21,23H2,1-7H3,(H,46,54)(H,47,53)(H,48,52)(H,49,55)(H,56,57)(H,58,59)(H4,43,44,45)/b18-17+,24-22+,32-8-/t25-,26-,27-,29-,30-,31+,33-,35+/m0/s1. The molecule has 0 spiro atoms. The Morgan fingerprint density at radius 3 is 2.18 bits per heavy atom. The Morgan fingerprint density at radius 2 is 1.60 bits per heavy atom. The first-order valence-electron chi connectivity index (χ1n) is 19.9. The minimum Gasteiger partial charge on any atom is -0.480 e. The molecule has 1 aliphatic rings. The average molecular weight is 839 g/mol. The van der Waals surface area contributed by atoms with Crippen LogP contribution in [0.5, 0.6) is 0 Å². The second-order valence-electron chi connectivity index (χ2n) is 14.9. The number of nitrogens with one attached hydrogen (secondary N) is 4. The summed E-state index contributed by atoms with van der Waals surface area (Å²) in [6.07, 6.45) is 7.02. The molecule has 2 rings (SSSR count). The third kappa shape index (κ3) is 16.0. The number of unbranched alkanes of at least 4 members (excludes halogenated alkanes) is 1. The highest BCUT2D eigenvalue weighted by Gasteiger charge is 2.36. The van der Waals surface area contributed by atoms with Crippen LogP contribution >= 0.6 is 0 Å². The summed E-state index contributed by atoms with van der Waals surface area (Å²) in [6.45, 7) is 8.26. The van der Waals surface area contributed by atoms with E-state index >= 15 is 0 Å². The fourth-order valence-corrected chi connectivity index (χ4v) is 6.55. The van der Waals surface area contributed by atoms with Gasteiger partial charge in [0, 0.05) is 33.0 Å². The van der Waals surface area contributed by atoms with E-state index in [-0.39, 0.29) is 43.1 Å². The van der Waals surface area contributed by atoms with Gasteiger partial charge < -0.3 is 52.6 Å². The van der Waals surface area contributed by atoms with Crippen molar-refractivity contribution in [3.05, 3.63) is 71.5 Å². The molecule has 1 heterocycles. The molecule has 1 aromatic rings. The molecule has 0 unspecified atom stereocenters. The predicted octanol–water partition coefficient (Wildman–Crippen LogP) is 1.36. The fraction of sp³-hybridized carbons (Fsp3) is 0.524. The number of hydrogen-bond donors (Lipinski definition) is 8. The number of guanidine groups is 1. The molecule has 8 atom stereocenters. The molecule has 18 heteroatoms. The van der Waals surface area contributed by atoms with Gasteiger partial charge in [-0.3, -0.25) is 29.0 Å². The number of nitrogens with zero attached hydrogens (tertiary/aromatic N) is 2. The number of carboxylic acid groups (broad SMARTS) is 2. The lowest BCUT2D eigenvalue weighted by Gasteiger charge is -2.28. The van der Waals surface area contributed by atoms with Crippen LogP contribution in [0.2, 0.25) is 0 Å². The van der Waals surface area contributed by atoms with Crippen molar-refractivity contribution in [2.24, 2.45) is 34.2 Å². The van der Waals surface area contributed by atoms with Crippen molar-refractivity contribution >= 4 is 47.4 Å². The number of carboxylic acids is 2. The molecule has 0 radical (unpaired) electrons. The normalized spacial score (nSPS) is 24.9. The molecule has 0 aliphatic carbocycles. The summed E-state index contributed by atoms with van der Waals surface area (Å²) in [7, 11) is 2.89. The van der Waals surface area contributed by atoms with Crippen molar-refractivity contribution in [3.8, 4) is 0 Å². The Labute approximate surface area is 351 Å². The fourth-order valence-electron chi connectivity index (χ4n) is 6.55. The number of benzene rings is 1. The lowest BCUT2D eigenvalue weighted by atomic mass is 9.94. The van der Waals surface area contributed by atoms with E-state index in [9.17, 15) is 43.8 Å². The topological polar surface area (TPSA) is 285 Å². The Kier molecular flexibility index (Phi) is 20.7. The SMILES string of the molecule is C/C=C1/C(=O)N[C@@H](C(=O)O)[C@H](C)C(=O)N[C@@H](CCCCN=C(N)N)C(=O)N[C@@H](/C=C/C(C)=C/[C@H](C)[C@H](Cc2ccccc2)OC)[C@H](C)C(=O)N[C@@H](C(=O)O)CCC(=O)N1C. The second-order valence-corrected chi connectivity index (χ2v) is 14.9. The van der Waals surface area contributed by atoms with Crippen LogP contribution in [-0.4, -0.2) is 114 Å². The maximum atomic E-state index is 14.1. The van der Waals surface area contributed by atoms with Crippen molar-refractivity contribution in [3.63, 3.8) is 0 Å². The highest BCUT2D eigenvalue weighted by Crippen LogP contribution is 2.19. The van der Waals surface area contributed by atoms with Gasteiger partial charge in [0.1, 0.15) is 23.8 Å². The summed E-state index contributed by atoms with van der Waals surface area (Å²) in [6, 6.07) is 4.21. The van der Waals surface area contributed by atoms with Gasteiger partial charge in [-0.25, -0.2) is 9.59 Å². The van der Waals surface area contributed by atoms with Gasteiger partial charge in [0.05, 0.1) is 24.0 Å². The third-order valence-corrected chi connectivity index (χ3v) is 10.3. The average Bonchev–Trinajstić information content (AvgIpc) is 3.20. The minimum absolute atomic E-state index is 0.0401. The van der Waals surface area contributed by atoms with Crippen molar-refractivity contribution in [2.75, 3.05) is 20.7 Å². The van der Waals surface area contributed by atoms with Crippen LogP contribution in [0.4, 0.5) is 0 Å². The monoisotopic (exact) mass is 838 g/mol. The Balaban J connectivity index is 2.63. The highest BCUT2D eigenvalue weighted by molar-refractivity contribution is 6.00. The molecule has 1 aliphatic heterocycles. The number of carbonyl (C=O) groups excluding carboxylic acids is 5. The Morgan fingerprint density at radius 1 is 0.950 bits per heavy atom. The van der Waals surface area contributed by atoms with Crippen molar-refractivity contribution in [2.45, 2.75) is 103 Å². The lowest BCUT2D eigenvalue weighted by molar-refractivity contribution is -0.146. The quantitative estimate of drug-likeness (QED) is 0.0434. The number of aliphatic imine (C=N–C) groups is 1. The number of allylic oxidation sites excluding steroid dienone is 3. The number of carbonyl (C=O) groups is 7. The highest BCUT2D eigenvalue weighted by atomic mass is 16.5. The van der Waals surface area contributed by atoms with Crippen LogP contribution < -0.4 is 32.7 Å². The van der Waals surface area contributed by atoms with Gasteiger partial charge in [-0.1, -0.05) is 81.0 Å². The number of likely N-dealkylation sites (N-methyl/N-ethyl adjacent to an activating group) is 1. The van der Waals surface area contributed by atoms with E-state index in [2.05, 4.69) is 26.3 Å². The van der Waals surface area contributed by atoms with Gasteiger partial charge in [-0.2, -0.15) is 0 Å². The molecular formula is C42H62N8O10. The van der Waals surface area contributed by atoms with Crippen LogP contribution in [0.1, 0.15) is 72.3 Å². The summed E-state index contributed by atoms with van der Waals surface area (Å²) >= 11 is 0. The first-order valence-corrected chi connectivity index (χ1v) is 19.9. The molecule has 18 nitrogen and oxygen atoms in total. The largest absolute Gasteiger partial charge is 0.480 e. The Bertz CT molecular complexity index is 1790. The molecule has 330 valence electrons. The van der Waals surface area contributed by atoms with Crippen LogP contribution in [0.25, 0.3) is 0 Å². The van der Waals surface area contributed by atoms with E-state index in [1.165, 1.54) is 33.9 Å². The summed E-state index contributed by atoms with van der Waals surface area (Å²) in [5.74, 6) is -9.73. The second kappa shape index (κ2) is 24.8. The van der Waals surface area contributed by atoms with E-state index in [4.69, 9.17) is 16.2 Å².